The molecule has 2 fully saturated rings. The van der Waals surface area contributed by atoms with E-state index in [1.54, 1.807) is 11.0 Å². The summed E-state index contributed by atoms with van der Waals surface area (Å²) in [4.78, 5) is 26.6. The van der Waals surface area contributed by atoms with Crippen LogP contribution in [0, 0.1) is 5.92 Å². The van der Waals surface area contributed by atoms with Crippen LogP contribution < -0.4 is 10.2 Å². The first kappa shape index (κ1) is 20.8. The van der Waals surface area contributed by atoms with Gasteiger partial charge < -0.3 is 10.2 Å². The van der Waals surface area contributed by atoms with Crippen molar-refractivity contribution in [3.8, 4) is 0 Å². The van der Waals surface area contributed by atoms with Gasteiger partial charge in [0.2, 0.25) is 21.8 Å². The van der Waals surface area contributed by atoms with Crippen molar-refractivity contribution in [2.45, 2.75) is 45.4 Å². The minimum absolute atomic E-state index is 0.110. The van der Waals surface area contributed by atoms with Crippen LogP contribution in [0.3, 0.4) is 0 Å². The third-order valence-corrected chi connectivity index (χ3v) is 7.40. The Bertz CT molecular complexity index is 824. The highest BCUT2D eigenvalue weighted by Crippen LogP contribution is 2.26. The molecule has 0 saturated carbocycles. The summed E-state index contributed by atoms with van der Waals surface area (Å²) in [5, 5.41) is 2.91. The van der Waals surface area contributed by atoms with E-state index in [1.165, 1.54) is 4.31 Å². The highest BCUT2D eigenvalue weighted by molar-refractivity contribution is 7.89. The molecule has 2 saturated heterocycles. The Kier molecular flexibility index (Phi) is 6.72. The molecule has 2 heterocycles. The van der Waals surface area contributed by atoms with E-state index in [1.807, 2.05) is 25.1 Å². The number of carbonyl (C=O) groups excluding carboxylic acids is 2. The van der Waals surface area contributed by atoms with Gasteiger partial charge in [-0.1, -0.05) is 13.0 Å². The number of hydrogen-bond donors (Lipinski definition) is 1. The lowest BCUT2D eigenvalue weighted by atomic mass is 9.98. The van der Waals surface area contributed by atoms with Gasteiger partial charge in [0, 0.05) is 37.4 Å². The number of nitrogens with one attached hydrogen (secondary N) is 1. The van der Waals surface area contributed by atoms with Crippen LogP contribution in [0.1, 0.15) is 45.4 Å². The summed E-state index contributed by atoms with van der Waals surface area (Å²) in [5.74, 6) is -0.300. The highest BCUT2D eigenvalue weighted by Gasteiger charge is 2.32. The number of rotatable bonds is 6. The zero-order chi connectivity index (χ0) is 20.1. The zero-order valence-electron chi connectivity index (χ0n) is 16.4. The van der Waals surface area contributed by atoms with Crippen molar-refractivity contribution in [1.82, 2.24) is 4.31 Å². The molecule has 3 rings (SSSR count). The number of carbonyl (C=O) groups is 2. The van der Waals surface area contributed by atoms with Crippen molar-refractivity contribution in [1.29, 1.82) is 0 Å². The first-order valence-electron chi connectivity index (χ1n) is 10.1. The van der Waals surface area contributed by atoms with Gasteiger partial charge in [0.25, 0.3) is 0 Å². The van der Waals surface area contributed by atoms with Crippen LogP contribution >= 0.6 is 0 Å². The monoisotopic (exact) mass is 407 g/mol. The van der Waals surface area contributed by atoms with Gasteiger partial charge in [-0.05, 0) is 50.3 Å². The number of amides is 2. The van der Waals surface area contributed by atoms with Gasteiger partial charge in [0.05, 0.1) is 11.7 Å². The van der Waals surface area contributed by atoms with Crippen LogP contribution in [-0.2, 0) is 19.6 Å². The molecule has 154 valence electrons. The predicted molar refractivity (Wildman–Crippen MR) is 110 cm³/mol. The molecule has 0 radical (unpaired) electrons. The maximum atomic E-state index is 12.7. The van der Waals surface area contributed by atoms with Crippen LogP contribution in [0.4, 0.5) is 11.4 Å². The molecule has 2 aliphatic rings. The van der Waals surface area contributed by atoms with Gasteiger partial charge in [-0.15, -0.1) is 0 Å². The Morgan fingerprint density at radius 2 is 2.04 bits per heavy atom. The SMILES string of the molecule is CCCS(=O)(=O)N1CCCC(C(=O)Nc2cccc(N3CCCCC3=O)c2)C1. The van der Waals surface area contributed by atoms with Crippen LogP contribution in [-0.4, -0.2) is 49.9 Å². The Labute approximate surface area is 167 Å². The molecule has 0 spiro atoms. The number of nitrogens with zero attached hydrogens (tertiary/aromatic N) is 2. The van der Waals surface area contributed by atoms with Crippen molar-refractivity contribution >= 4 is 33.2 Å². The fourth-order valence-electron chi connectivity index (χ4n) is 3.87. The summed E-state index contributed by atoms with van der Waals surface area (Å²) in [5.41, 5.74) is 1.42. The van der Waals surface area contributed by atoms with Crippen molar-refractivity contribution in [3.05, 3.63) is 24.3 Å². The number of benzene rings is 1. The Balaban J connectivity index is 1.66. The quantitative estimate of drug-likeness (QED) is 0.785. The van der Waals surface area contributed by atoms with Crippen LogP contribution in [0.15, 0.2) is 24.3 Å². The summed E-state index contributed by atoms with van der Waals surface area (Å²) in [6, 6.07) is 7.31. The molecule has 0 aromatic heterocycles. The van der Waals surface area contributed by atoms with Crippen molar-refractivity contribution in [3.63, 3.8) is 0 Å². The normalized spacial score (nSPS) is 21.5. The molecule has 1 unspecified atom stereocenters. The lowest BCUT2D eigenvalue weighted by molar-refractivity contribution is -0.121. The van der Waals surface area contributed by atoms with Gasteiger partial charge in [0.15, 0.2) is 0 Å². The minimum atomic E-state index is -3.29. The molecule has 7 nitrogen and oxygen atoms in total. The Morgan fingerprint density at radius 1 is 1.21 bits per heavy atom. The summed E-state index contributed by atoms with van der Waals surface area (Å²) in [6.45, 7) is 3.26. The van der Waals surface area contributed by atoms with Crippen molar-refractivity contribution in [2.75, 3.05) is 35.6 Å². The van der Waals surface area contributed by atoms with E-state index in [9.17, 15) is 18.0 Å². The molecule has 0 bridgehead atoms. The largest absolute Gasteiger partial charge is 0.326 e. The number of piperidine rings is 2. The van der Waals surface area contributed by atoms with Crippen molar-refractivity contribution < 1.29 is 18.0 Å². The van der Waals surface area contributed by atoms with E-state index in [4.69, 9.17) is 0 Å². The summed E-state index contributed by atoms with van der Waals surface area (Å²) >= 11 is 0. The third-order valence-electron chi connectivity index (χ3n) is 5.36. The second-order valence-corrected chi connectivity index (χ2v) is 9.64. The number of hydrogen-bond acceptors (Lipinski definition) is 4. The van der Waals surface area contributed by atoms with Crippen LogP contribution in [0.25, 0.3) is 0 Å². The fraction of sp³-hybridized carbons (Fsp3) is 0.600. The summed E-state index contributed by atoms with van der Waals surface area (Å²) < 4.78 is 26.1. The Morgan fingerprint density at radius 3 is 2.79 bits per heavy atom. The van der Waals surface area contributed by atoms with Gasteiger partial charge >= 0.3 is 0 Å². The molecule has 1 atom stereocenters. The first-order chi connectivity index (χ1) is 13.4. The van der Waals surface area contributed by atoms with Gasteiger partial charge in [-0.2, -0.15) is 0 Å². The number of sulfonamides is 1. The number of anilines is 2. The molecule has 2 amide bonds. The summed E-state index contributed by atoms with van der Waals surface area (Å²) in [6.07, 6.45) is 4.38. The van der Waals surface area contributed by atoms with Crippen LogP contribution in [0.2, 0.25) is 0 Å². The topological polar surface area (TPSA) is 86.8 Å². The van der Waals surface area contributed by atoms with Gasteiger partial charge in [-0.25, -0.2) is 12.7 Å². The molecule has 1 aromatic rings. The van der Waals surface area contributed by atoms with E-state index in [-0.39, 0.29) is 30.0 Å². The molecule has 0 aliphatic carbocycles. The molecule has 2 aliphatic heterocycles. The second kappa shape index (κ2) is 9.05. The van der Waals surface area contributed by atoms with E-state index < -0.39 is 10.0 Å². The van der Waals surface area contributed by atoms with E-state index >= 15 is 0 Å². The second-order valence-electron chi connectivity index (χ2n) is 7.56. The van der Waals surface area contributed by atoms with Crippen LogP contribution in [0.5, 0.6) is 0 Å². The smallest absolute Gasteiger partial charge is 0.228 e. The van der Waals surface area contributed by atoms with E-state index in [2.05, 4.69) is 5.32 Å². The third kappa shape index (κ3) is 4.91. The average Bonchev–Trinajstić information content (AvgIpc) is 2.68. The van der Waals surface area contributed by atoms with Crippen molar-refractivity contribution in [2.24, 2.45) is 5.92 Å². The van der Waals surface area contributed by atoms with E-state index in [0.29, 0.717) is 44.5 Å². The average molecular weight is 408 g/mol. The molecular weight excluding hydrogens is 378 g/mol. The molecule has 1 N–H and O–H groups in total. The van der Waals surface area contributed by atoms with Gasteiger partial charge in [0.1, 0.15) is 0 Å². The molecule has 8 heteroatoms. The van der Waals surface area contributed by atoms with E-state index in [0.717, 1.165) is 18.5 Å². The minimum Gasteiger partial charge on any atom is -0.326 e. The Hall–Kier alpha value is -1.93. The molecule has 1 aromatic carbocycles. The molecule has 28 heavy (non-hydrogen) atoms. The zero-order valence-corrected chi connectivity index (χ0v) is 17.2. The first-order valence-corrected chi connectivity index (χ1v) is 11.7. The highest BCUT2D eigenvalue weighted by atomic mass is 32.2. The maximum absolute atomic E-state index is 12.7. The fourth-order valence-corrected chi connectivity index (χ4v) is 5.46. The summed E-state index contributed by atoms with van der Waals surface area (Å²) in [7, 11) is -3.29. The predicted octanol–water partition coefficient (Wildman–Crippen LogP) is 2.59. The lowest BCUT2D eigenvalue weighted by Crippen LogP contribution is -2.44. The standard InChI is InChI=1S/C20H29N3O4S/c1-2-13-28(26,27)22-11-6-7-16(15-22)20(25)21-17-8-5-9-18(14-17)23-12-4-3-10-19(23)24/h5,8-9,14,16H,2-4,6-7,10-13,15H2,1H3,(H,21,25). The maximum Gasteiger partial charge on any atom is 0.228 e. The molecular formula is C20H29N3O4S. The van der Waals surface area contributed by atoms with Gasteiger partial charge in [-0.3, -0.25) is 9.59 Å². The lowest BCUT2D eigenvalue weighted by Gasteiger charge is -2.31.